The number of rotatable bonds is 2. The Morgan fingerprint density at radius 1 is 1.25 bits per heavy atom. The second kappa shape index (κ2) is 3.69. The number of Topliss-reactive ketones (excluding diaryl/α,β-unsaturated/α-hetero) is 1. The molecule has 0 aliphatic heterocycles. The summed E-state index contributed by atoms with van der Waals surface area (Å²) in [6.07, 6.45) is 5.27. The normalized spacial score (nSPS) is 32.2. The lowest BCUT2D eigenvalue weighted by Crippen LogP contribution is -2.03. The van der Waals surface area contributed by atoms with E-state index in [0.717, 1.165) is 16.7 Å². The van der Waals surface area contributed by atoms with Gasteiger partial charge in [0, 0.05) is 10.8 Å². The number of aryl methyl sites for hydroxylation is 2. The lowest BCUT2D eigenvalue weighted by molar-refractivity contribution is 0.0960. The van der Waals surface area contributed by atoms with Crippen LogP contribution in [-0.2, 0) is 0 Å². The average Bonchev–Trinajstić information content (AvgIpc) is 2.89. The van der Waals surface area contributed by atoms with Crippen molar-refractivity contribution in [2.45, 2.75) is 39.5 Å². The van der Waals surface area contributed by atoms with Crippen LogP contribution in [0, 0.1) is 31.6 Å². The highest BCUT2D eigenvalue weighted by Gasteiger charge is 2.54. The molecule has 0 radical (unpaired) electrons. The molecule has 2 heteroatoms. The van der Waals surface area contributed by atoms with Gasteiger partial charge in [-0.25, -0.2) is 0 Å². The number of hydrogen-bond donors (Lipinski definition) is 0. The van der Waals surface area contributed by atoms with Crippen LogP contribution in [0.1, 0.15) is 45.8 Å². The first-order valence-electron chi connectivity index (χ1n) is 6.29. The topological polar surface area (TPSA) is 17.1 Å². The molecule has 2 unspecified atom stereocenters. The average molecular weight is 234 g/mol. The van der Waals surface area contributed by atoms with Crippen LogP contribution in [0.2, 0.25) is 0 Å². The summed E-state index contributed by atoms with van der Waals surface area (Å²) in [5.74, 6) is 2.32. The second-order valence-electron chi connectivity index (χ2n) is 5.37. The largest absolute Gasteiger partial charge is 0.293 e. The van der Waals surface area contributed by atoms with Gasteiger partial charge in [-0.05, 0) is 50.2 Å². The number of ketones is 1. The van der Waals surface area contributed by atoms with Gasteiger partial charge in [-0.2, -0.15) is 0 Å². The minimum absolute atomic E-state index is 0.388. The van der Waals surface area contributed by atoms with Crippen LogP contribution in [0.4, 0.5) is 0 Å². The Morgan fingerprint density at radius 3 is 2.38 bits per heavy atom. The Balaban J connectivity index is 1.81. The first kappa shape index (κ1) is 10.5. The van der Waals surface area contributed by atoms with E-state index in [2.05, 4.69) is 19.9 Å². The van der Waals surface area contributed by atoms with E-state index in [-0.39, 0.29) is 0 Å². The summed E-state index contributed by atoms with van der Waals surface area (Å²) in [5, 5.41) is 0. The highest BCUT2D eigenvalue weighted by Crippen LogP contribution is 2.57. The summed E-state index contributed by atoms with van der Waals surface area (Å²) in [4.78, 5) is 14.7. The number of carbonyl (C=O) groups is 1. The predicted molar refractivity (Wildman–Crippen MR) is 67.1 cm³/mol. The smallest absolute Gasteiger partial charge is 0.176 e. The molecule has 0 N–H and O–H groups in total. The molecule has 0 aromatic carbocycles. The van der Waals surface area contributed by atoms with Gasteiger partial charge in [0.25, 0.3) is 0 Å². The van der Waals surface area contributed by atoms with Gasteiger partial charge in [0.2, 0.25) is 0 Å². The quantitative estimate of drug-likeness (QED) is 0.707. The fraction of sp³-hybridized carbons (Fsp3) is 0.643. The van der Waals surface area contributed by atoms with E-state index >= 15 is 0 Å². The Labute approximate surface area is 101 Å². The molecule has 1 aromatic rings. The van der Waals surface area contributed by atoms with Crippen molar-refractivity contribution >= 4 is 17.1 Å². The van der Waals surface area contributed by atoms with E-state index in [0.29, 0.717) is 11.7 Å². The maximum absolute atomic E-state index is 12.4. The van der Waals surface area contributed by atoms with Gasteiger partial charge in [-0.15, -0.1) is 11.3 Å². The lowest BCUT2D eigenvalue weighted by Gasteiger charge is -2.04. The van der Waals surface area contributed by atoms with Crippen LogP contribution in [0.5, 0.6) is 0 Å². The van der Waals surface area contributed by atoms with Crippen molar-refractivity contribution in [2.75, 3.05) is 0 Å². The van der Waals surface area contributed by atoms with E-state index < -0.39 is 0 Å². The van der Waals surface area contributed by atoms with Crippen molar-refractivity contribution in [3.8, 4) is 0 Å². The molecular weight excluding hydrogens is 216 g/mol. The summed E-state index contributed by atoms with van der Waals surface area (Å²) in [6.45, 7) is 4.16. The molecule has 1 aromatic heterocycles. The molecule has 0 bridgehead atoms. The Hall–Kier alpha value is -0.630. The van der Waals surface area contributed by atoms with Gasteiger partial charge >= 0.3 is 0 Å². The zero-order valence-electron chi connectivity index (χ0n) is 9.95. The van der Waals surface area contributed by atoms with Gasteiger partial charge < -0.3 is 0 Å². The molecule has 0 spiro atoms. The highest BCUT2D eigenvalue weighted by molar-refractivity contribution is 7.14. The van der Waals surface area contributed by atoms with Crippen molar-refractivity contribution < 1.29 is 4.79 Å². The zero-order chi connectivity index (χ0) is 11.3. The third kappa shape index (κ3) is 1.55. The molecule has 0 amide bonds. The van der Waals surface area contributed by atoms with Crippen molar-refractivity contribution in [3.05, 3.63) is 21.4 Å². The number of fused-ring (bicyclic) bond motifs is 1. The van der Waals surface area contributed by atoms with Gasteiger partial charge in [0.1, 0.15) is 0 Å². The molecular formula is C14H18OS. The third-order valence-corrected chi connectivity index (χ3v) is 5.39. The monoisotopic (exact) mass is 234 g/mol. The summed E-state index contributed by atoms with van der Waals surface area (Å²) in [6, 6.07) is 2.14. The molecule has 1 heterocycles. The van der Waals surface area contributed by atoms with Crippen LogP contribution >= 0.6 is 11.3 Å². The standard InChI is InChI=1S/C14H18OS/c1-8-7-9(2)16-14(8)13(15)12-10-5-3-4-6-11(10)12/h7,10-12H,3-6H2,1-2H3. The Bertz CT molecular complexity index is 420. The first-order valence-corrected chi connectivity index (χ1v) is 7.11. The minimum atomic E-state index is 0.388. The SMILES string of the molecule is Cc1cc(C)c(C(=O)C2C3CCCCC32)s1. The molecule has 2 atom stereocenters. The first-order chi connectivity index (χ1) is 7.68. The zero-order valence-corrected chi connectivity index (χ0v) is 10.8. The highest BCUT2D eigenvalue weighted by atomic mass is 32.1. The fourth-order valence-corrected chi connectivity index (χ4v) is 4.43. The fourth-order valence-electron chi connectivity index (χ4n) is 3.42. The Kier molecular flexibility index (Phi) is 2.43. The second-order valence-corrected chi connectivity index (χ2v) is 6.63. The molecule has 86 valence electrons. The van der Waals surface area contributed by atoms with E-state index in [1.165, 1.54) is 36.1 Å². The van der Waals surface area contributed by atoms with Crippen LogP contribution in [0.25, 0.3) is 0 Å². The minimum Gasteiger partial charge on any atom is -0.293 e. The molecule has 16 heavy (non-hydrogen) atoms. The Morgan fingerprint density at radius 2 is 1.88 bits per heavy atom. The van der Waals surface area contributed by atoms with E-state index in [9.17, 15) is 4.79 Å². The van der Waals surface area contributed by atoms with Crippen molar-refractivity contribution in [3.63, 3.8) is 0 Å². The van der Waals surface area contributed by atoms with Crippen LogP contribution < -0.4 is 0 Å². The predicted octanol–water partition coefficient (Wildman–Crippen LogP) is 3.98. The van der Waals surface area contributed by atoms with Crippen molar-refractivity contribution in [1.29, 1.82) is 0 Å². The lowest BCUT2D eigenvalue weighted by atomic mass is 10.0. The third-order valence-electron chi connectivity index (χ3n) is 4.22. The van der Waals surface area contributed by atoms with Crippen molar-refractivity contribution in [2.24, 2.45) is 17.8 Å². The number of hydrogen-bond acceptors (Lipinski definition) is 2. The summed E-state index contributed by atoms with van der Waals surface area (Å²) in [7, 11) is 0. The van der Waals surface area contributed by atoms with E-state index in [1.807, 2.05) is 0 Å². The number of carbonyl (C=O) groups excluding carboxylic acids is 1. The van der Waals surface area contributed by atoms with E-state index in [4.69, 9.17) is 0 Å². The van der Waals surface area contributed by atoms with Crippen LogP contribution in [0.3, 0.4) is 0 Å². The molecule has 2 aliphatic carbocycles. The van der Waals surface area contributed by atoms with Gasteiger partial charge in [0.15, 0.2) is 5.78 Å². The molecule has 2 aliphatic rings. The molecule has 1 nitrogen and oxygen atoms in total. The maximum Gasteiger partial charge on any atom is 0.176 e. The summed E-state index contributed by atoms with van der Waals surface area (Å²) in [5.41, 5.74) is 1.19. The number of thiophene rings is 1. The van der Waals surface area contributed by atoms with Crippen molar-refractivity contribution in [1.82, 2.24) is 0 Å². The van der Waals surface area contributed by atoms with Gasteiger partial charge in [-0.1, -0.05) is 12.8 Å². The molecule has 2 fully saturated rings. The van der Waals surface area contributed by atoms with Crippen LogP contribution in [0.15, 0.2) is 6.07 Å². The molecule has 3 rings (SSSR count). The molecule has 0 saturated heterocycles. The van der Waals surface area contributed by atoms with Gasteiger partial charge in [-0.3, -0.25) is 4.79 Å². The maximum atomic E-state index is 12.4. The van der Waals surface area contributed by atoms with E-state index in [1.54, 1.807) is 11.3 Å². The van der Waals surface area contributed by atoms with Crippen LogP contribution in [-0.4, -0.2) is 5.78 Å². The summed E-state index contributed by atoms with van der Waals surface area (Å²) >= 11 is 1.69. The summed E-state index contributed by atoms with van der Waals surface area (Å²) < 4.78 is 0. The molecule has 2 saturated carbocycles. The van der Waals surface area contributed by atoms with Gasteiger partial charge in [0.05, 0.1) is 4.88 Å².